The largest absolute Gasteiger partial charge is 0.496 e. The molecule has 136 valence electrons. The fraction of sp³-hybridized carbons (Fsp3) is 0.429. The Hall–Kier alpha value is -2.20. The molecule has 1 atom stereocenters. The van der Waals surface area contributed by atoms with Crippen LogP contribution in [0.3, 0.4) is 0 Å². The monoisotopic (exact) mass is 343 g/mol. The first-order valence-electron chi connectivity index (χ1n) is 8.74. The fourth-order valence-corrected chi connectivity index (χ4v) is 2.88. The minimum absolute atomic E-state index is 0.449. The molecule has 4 nitrogen and oxygen atoms in total. The highest BCUT2D eigenvalue weighted by atomic mass is 16.5. The van der Waals surface area contributed by atoms with Crippen LogP contribution in [-0.4, -0.2) is 33.9 Å². The standard InChI is InChI=1S/C21H29NO3/c1-16(9-11-18-7-5-6-8-19(18)23-2)22-14-13-17-10-12-20(24-3)21(15-17)25-4/h5-8,10,12,15-16,22H,9,11,13-14H2,1-4H3. The summed E-state index contributed by atoms with van der Waals surface area (Å²) in [6.45, 7) is 3.16. The first kappa shape index (κ1) is 19.1. The second-order valence-corrected chi connectivity index (χ2v) is 6.15. The van der Waals surface area contributed by atoms with E-state index in [-0.39, 0.29) is 0 Å². The van der Waals surface area contributed by atoms with Gasteiger partial charge in [0.05, 0.1) is 21.3 Å². The maximum Gasteiger partial charge on any atom is 0.160 e. The maximum atomic E-state index is 5.41. The van der Waals surface area contributed by atoms with Gasteiger partial charge in [-0.25, -0.2) is 0 Å². The van der Waals surface area contributed by atoms with Crippen LogP contribution in [0.2, 0.25) is 0 Å². The third kappa shape index (κ3) is 5.68. The second-order valence-electron chi connectivity index (χ2n) is 6.15. The van der Waals surface area contributed by atoms with Gasteiger partial charge in [-0.3, -0.25) is 0 Å². The van der Waals surface area contributed by atoms with Crippen molar-refractivity contribution in [1.29, 1.82) is 0 Å². The molecule has 2 aromatic rings. The lowest BCUT2D eigenvalue weighted by molar-refractivity contribution is 0.354. The van der Waals surface area contributed by atoms with E-state index in [2.05, 4.69) is 30.4 Å². The van der Waals surface area contributed by atoms with Gasteiger partial charge in [0.15, 0.2) is 11.5 Å². The van der Waals surface area contributed by atoms with Gasteiger partial charge in [-0.2, -0.15) is 0 Å². The van der Waals surface area contributed by atoms with Gasteiger partial charge in [0, 0.05) is 6.04 Å². The second kappa shape index (κ2) is 9.94. The molecule has 0 aromatic heterocycles. The van der Waals surface area contributed by atoms with E-state index in [1.807, 2.05) is 24.3 Å². The Morgan fingerprint density at radius 2 is 1.56 bits per heavy atom. The predicted octanol–water partition coefficient (Wildman–Crippen LogP) is 3.87. The summed E-state index contributed by atoms with van der Waals surface area (Å²) >= 11 is 0. The van der Waals surface area contributed by atoms with Crippen molar-refractivity contribution >= 4 is 0 Å². The van der Waals surface area contributed by atoms with Crippen LogP contribution in [0.25, 0.3) is 0 Å². The minimum atomic E-state index is 0.449. The molecule has 0 spiro atoms. The topological polar surface area (TPSA) is 39.7 Å². The summed E-state index contributed by atoms with van der Waals surface area (Å²) in [5.41, 5.74) is 2.50. The highest BCUT2D eigenvalue weighted by Gasteiger charge is 2.07. The summed E-state index contributed by atoms with van der Waals surface area (Å²) in [6.07, 6.45) is 3.04. The summed E-state index contributed by atoms with van der Waals surface area (Å²) < 4.78 is 16.0. The molecule has 1 unspecified atom stereocenters. The molecule has 0 bridgehead atoms. The Morgan fingerprint density at radius 1 is 0.840 bits per heavy atom. The molecule has 0 heterocycles. The molecule has 0 fully saturated rings. The van der Waals surface area contributed by atoms with Crippen LogP contribution in [0.15, 0.2) is 42.5 Å². The van der Waals surface area contributed by atoms with Crippen molar-refractivity contribution in [3.8, 4) is 17.2 Å². The van der Waals surface area contributed by atoms with Gasteiger partial charge in [-0.1, -0.05) is 24.3 Å². The molecule has 25 heavy (non-hydrogen) atoms. The normalized spacial score (nSPS) is 11.8. The van der Waals surface area contributed by atoms with E-state index in [0.717, 1.165) is 43.1 Å². The van der Waals surface area contributed by atoms with Crippen molar-refractivity contribution in [1.82, 2.24) is 5.32 Å². The molecule has 2 rings (SSSR count). The molecule has 0 saturated heterocycles. The highest BCUT2D eigenvalue weighted by Crippen LogP contribution is 2.27. The number of hydrogen-bond acceptors (Lipinski definition) is 4. The average molecular weight is 343 g/mol. The van der Waals surface area contributed by atoms with Gasteiger partial charge in [0.25, 0.3) is 0 Å². The van der Waals surface area contributed by atoms with Crippen molar-refractivity contribution in [2.75, 3.05) is 27.9 Å². The zero-order valence-corrected chi connectivity index (χ0v) is 15.7. The molecule has 0 radical (unpaired) electrons. The molecule has 0 aliphatic carbocycles. The number of methoxy groups -OCH3 is 3. The van der Waals surface area contributed by atoms with Gasteiger partial charge >= 0.3 is 0 Å². The molecule has 1 N–H and O–H groups in total. The number of rotatable bonds is 10. The molecule has 0 saturated carbocycles. The fourth-order valence-electron chi connectivity index (χ4n) is 2.88. The quantitative estimate of drug-likeness (QED) is 0.711. The Kier molecular flexibility index (Phi) is 7.61. The zero-order valence-electron chi connectivity index (χ0n) is 15.7. The zero-order chi connectivity index (χ0) is 18.1. The van der Waals surface area contributed by atoms with Crippen molar-refractivity contribution < 1.29 is 14.2 Å². The molecule has 0 amide bonds. The number of ether oxygens (including phenoxy) is 3. The molecule has 2 aromatic carbocycles. The summed E-state index contributed by atoms with van der Waals surface area (Å²) in [6, 6.07) is 14.8. The van der Waals surface area contributed by atoms with Crippen molar-refractivity contribution in [2.24, 2.45) is 0 Å². The van der Waals surface area contributed by atoms with Gasteiger partial charge in [0.1, 0.15) is 5.75 Å². The van der Waals surface area contributed by atoms with Gasteiger partial charge in [-0.15, -0.1) is 0 Å². The van der Waals surface area contributed by atoms with Gasteiger partial charge in [0.2, 0.25) is 0 Å². The highest BCUT2D eigenvalue weighted by molar-refractivity contribution is 5.43. The van der Waals surface area contributed by atoms with Crippen LogP contribution in [0.4, 0.5) is 0 Å². The number of aryl methyl sites for hydroxylation is 1. The summed E-state index contributed by atoms with van der Waals surface area (Å²) in [5.74, 6) is 2.52. The maximum absolute atomic E-state index is 5.41. The van der Waals surface area contributed by atoms with Crippen LogP contribution < -0.4 is 19.5 Å². The summed E-state index contributed by atoms with van der Waals surface area (Å²) in [7, 11) is 5.05. The number of para-hydroxylation sites is 1. The predicted molar refractivity (Wildman–Crippen MR) is 102 cm³/mol. The van der Waals surface area contributed by atoms with Crippen molar-refractivity contribution in [3.63, 3.8) is 0 Å². The van der Waals surface area contributed by atoms with Crippen LogP contribution in [-0.2, 0) is 12.8 Å². The third-order valence-corrected chi connectivity index (χ3v) is 4.39. The van der Waals surface area contributed by atoms with Gasteiger partial charge in [-0.05, 0) is 62.1 Å². The van der Waals surface area contributed by atoms with Crippen LogP contribution in [0.5, 0.6) is 17.2 Å². The number of nitrogens with one attached hydrogen (secondary N) is 1. The third-order valence-electron chi connectivity index (χ3n) is 4.39. The first-order valence-corrected chi connectivity index (χ1v) is 8.74. The Balaban J connectivity index is 1.77. The molecule has 4 heteroatoms. The number of hydrogen-bond donors (Lipinski definition) is 1. The van der Waals surface area contributed by atoms with E-state index >= 15 is 0 Å². The van der Waals surface area contributed by atoms with Crippen LogP contribution in [0.1, 0.15) is 24.5 Å². The SMILES string of the molecule is COc1ccccc1CCC(C)NCCc1ccc(OC)c(OC)c1. The van der Waals surface area contributed by atoms with Gasteiger partial charge < -0.3 is 19.5 Å². The lowest BCUT2D eigenvalue weighted by Gasteiger charge is -2.15. The van der Waals surface area contributed by atoms with E-state index in [1.165, 1.54) is 11.1 Å². The molecule has 0 aliphatic rings. The summed E-state index contributed by atoms with van der Waals surface area (Å²) in [4.78, 5) is 0. The number of benzene rings is 2. The molecule has 0 aliphatic heterocycles. The lowest BCUT2D eigenvalue weighted by atomic mass is 10.0. The smallest absolute Gasteiger partial charge is 0.160 e. The van der Waals surface area contributed by atoms with Crippen LogP contribution in [0, 0.1) is 0 Å². The first-order chi connectivity index (χ1) is 12.2. The van der Waals surface area contributed by atoms with Crippen molar-refractivity contribution in [3.05, 3.63) is 53.6 Å². The molecular weight excluding hydrogens is 314 g/mol. The van der Waals surface area contributed by atoms with E-state index in [4.69, 9.17) is 14.2 Å². The van der Waals surface area contributed by atoms with Crippen LogP contribution >= 0.6 is 0 Å². The molecular formula is C21H29NO3. The van der Waals surface area contributed by atoms with E-state index in [0.29, 0.717) is 6.04 Å². The van der Waals surface area contributed by atoms with E-state index in [9.17, 15) is 0 Å². The lowest BCUT2D eigenvalue weighted by Crippen LogP contribution is -2.28. The Labute approximate surface area is 151 Å². The Morgan fingerprint density at radius 3 is 2.28 bits per heavy atom. The van der Waals surface area contributed by atoms with E-state index < -0.39 is 0 Å². The minimum Gasteiger partial charge on any atom is -0.496 e. The summed E-state index contributed by atoms with van der Waals surface area (Å²) in [5, 5.41) is 3.59. The Bertz CT molecular complexity index is 657. The van der Waals surface area contributed by atoms with E-state index in [1.54, 1.807) is 21.3 Å². The average Bonchev–Trinajstić information content (AvgIpc) is 2.66. The van der Waals surface area contributed by atoms with Crippen molar-refractivity contribution in [2.45, 2.75) is 32.2 Å².